The molecular formula is C19H24N4O2. The minimum Gasteiger partial charge on any atom is -0.363 e. The lowest BCUT2D eigenvalue weighted by Gasteiger charge is -2.13. The van der Waals surface area contributed by atoms with E-state index in [-0.39, 0.29) is 11.8 Å². The van der Waals surface area contributed by atoms with E-state index in [0.717, 1.165) is 11.4 Å². The largest absolute Gasteiger partial charge is 0.363 e. The van der Waals surface area contributed by atoms with Gasteiger partial charge in [-0.05, 0) is 36.2 Å². The minimum absolute atomic E-state index is 0.0288. The average Bonchev–Trinajstić information content (AvgIpc) is 2.61. The molecule has 6 heteroatoms. The van der Waals surface area contributed by atoms with Crippen molar-refractivity contribution in [3.05, 3.63) is 59.3 Å². The number of carbonyl (C=O) groups excluding carboxylic acids is 2. The number of hydrogen-bond donors (Lipinski definition) is 1. The Kier molecular flexibility index (Phi) is 6.11. The predicted octanol–water partition coefficient (Wildman–Crippen LogP) is 1.82. The van der Waals surface area contributed by atoms with Crippen LogP contribution in [0.2, 0.25) is 0 Å². The molecule has 1 heterocycles. The van der Waals surface area contributed by atoms with E-state index < -0.39 is 0 Å². The Morgan fingerprint density at radius 2 is 1.80 bits per heavy atom. The maximum atomic E-state index is 12.3. The first kappa shape index (κ1) is 18.4. The predicted molar refractivity (Wildman–Crippen MR) is 99.1 cm³/mol. The molecule has 2 rings (SSSR count). The Hall–Kier alpha value is -2.89. The van der Waals surface area contributed by atoms with Gasteiger partial charge in [-0.2, -0.15) is 0 Å². The Morgan fingerprint density at radius 1 is 1.04 bits per heavy atom. The third kappa shape index (κ3) is 5.04. The maximum absolute atomic E-state index is 12.3. The molecule has 25 heavy (non-hydrogen) atoms. The quantitative estimate of drug-likeness (QED) is 0.871. The average molecular weight is 340 g/mol. The van der Waals surface area contributed by atoms with Gasteiger partial charge in [-0.25, -0.2) is 4.98 Å². The standard InChI is InChI=1S/C19H24N4O2/c1-22(2)17-13-15(9-11-20-17)18(24)21-10-8-14-6-5-7-16(12-14)19(25)23(3)4/h5-7,9,11-13H,8,10H2,1-4H3,(H,21,24). The summed E-state index contributed by atoms with van der Waals surface area (Å²) in [5.74, 6) is 0.576. The molecule has 0 spiro atoms. The van der Waals surface area contributed by atoms with Crippen molar-refractivity contribution in [3.8, 4) is 0 Å². The van der Waals surface area contributed by atoms with Crippen LogP contribution in [0.3, 0.4) is 0 Å². The van der Waals surface area contributed by atoms with Crippen LogP contribution in [0.15, 0.2) is 42.6 Å². The van der Waals surface area contributed by atoms with Crippen LogP contribution in [0.1, 0.15) is 26.3 Å². The molecule has 0 bridgehead atoms. The van der Waals surface area contributed by atoms with Gasteiger partial charge in [-0.15, -0.1) is 0 Å². The van der Waals surface area contributed by atoms with Crippen molar-refractivity contribution >= 4 is 17.6 Å². The summed E-state index contributed by atoms with van der Waals surface area (Å²) in [6.07, 6.45) is 2.28. The van der Waals surface area contributed by atoms with Gasteiger partial charge in [0.15, 0.2) is 0 Å². The third-order valence-corrected chi connectivity index (χ3v) is 3.75. The molecule has 1 N–H and O–H groups in total. The monoisotopic (exact) mass is 340 g/mol. The molecule has 0 aliphatic heterocycles. The highest BCUT2D eigenvalue weighted by atomic mass is 16.2. The van der Waals surface area contributed by atoms with E-state index >= 15 is 0 Å². The van der Waals surface area contributed by atoms with Gasteiger partial charge in [0.1, 0.15) is 5.82 Å². The molecule has 0 saturated carbocycles. The number of nitrogens with zero attached hydrogens (tertiary/aromatic N) is 3. The van der Waals surface area contributed by atoms with Crippen molar-refractivity contribution in [2.75, 3.05) is 39.6 Å². The first-order valence-corrected chi connectivity index (χ1v) is 8.10. The normalized spacial score (nSPS) is 10.2. The van der Waals surface area contributed by atoms with Crippen molar-refractivity contribution in [1.82, 2.24) is 15.2 Å². The molecule has 0 aliphatic rings. The molecule has 6 nitrogen and oxygen atoms in total. The number of hydrogen-bond acceptors (Lipinski definition) is 4. The molecule has 0 unspecified atom stereocenters. The van der Waals surface area contributed by atoms with Gasteiger partial charge in [0.05, 0.1) is 0 Å². The Morgan fingerprint density at radius 3 is 2.48 bits per heavy atom. The summed E-state index contributed by atoms with van der Waals surface area (Å²) in [6, 6.07) is 10.9. The number of carbonyl (C=O) groups is 2. The van der Waals surface area contributed by atoms with Crippen LogP contribution in [0.4, 0.5) is 5.82 Å². The number of anilines is 1. The van der Waals surface area contributed by atoms with E-state index in [4.69, 9.17) is 0 Å². The minimum atomic E-state index is -0.133. The molecule has 0 atom stereocenters. The number of amides is 2. The molecule has 0 saturated heterocycles. The second-order valence-electron chi connectivity index (χ2n) is 6.20. The van der Waals surface area contributed by atoms with E-state index in [2.05, 4.69) is 10.3 Å². The Labute approximate surface area is 148 Å². The first-order valence-electron chi connectivity index (χ1n) is 8.10. The van der Waals surface area contributed by atoms with Crippen molar-refractivity contribution in [1.29, 1.82) is 0 Å². The Bertz CT molecular complexity index is 757. The van der Waals surface area contributed by atoms with Gasteiger partial charge >= 0.3 is 0 Å². The van der Waals surface area contributed by atoms with Gasteiger partial charge in [-0.1, -0.05) is 12.1 Å². The first-order chi connectivity index (χ1) is 11.9. The van der Waals surface area contributed by atoms with Gasteiger partial charge in [-0.3, -0.25) is 9.59 Å². The number of benzene rings is 1. The molecule has 0 fully saturated rings. The van der Waals surface area contributed by atoms with Crippen molar-refractivity contribution in [2.24, 2.45) is 0 Å². The van der Waals surface area contributed by atoms with Crippen molar-refractivity contribution in [2.45, 2.75) is 6.42 Å². The van der Waals surface area contributed by atoms with Gasteiger partial charge in [0.25, 0.3) is 11.8 Å². The summed E-state index contributed by atoms with van der Waals surface area (Å²) in [7, 11) is 7.22. The fourth-order valence-corrected chi connectivity index (χ4v) is 2.34. The highest BCUT2D eigenvalue weighted by Gasteiger charge is 2.09. The summed E-state index contributed by atoms with van der Waals surface area (Å²) in [5.41, 5.74) is 2.24. The van der Waals surface area contributed by atoms with E-state index in [9.17, 15) is 9.59 Å². The zero-order chi connectivity index (χ0) is 18.4. The molecule has 0 radical (unpaired) electrons. The molecule has 132 valence electrons. The molecule has 1 aromatic heterocycles. The lowest BCUT2D eigenvalue weighted by molar-refractivity contribution is 0.0827. The van der Waals surface area contributed by atoms with Gasteiger partial charge in [0, 0.05) is 52.1 Å². The maximum Gasteiger partial charge on any atom is 0.253 e. The van der Waals surface area contributed by atoms with E-state index in [0.29, 0.717) is 24.1 Å². The summed E-state index contributed by atoms with van der Waals surface area (Å²) >= 11 is 0. The second-order valence-corrected chi connectivity index (χ2v) is 6.20. The number of aromatic nitrogens is 1. The van der Waals surface area contributed by atoms with Crippen LogP contribution in [-0.2, 0) is 6.42 Å². The van der Waals surface area contributed by atoms with Crippen LogP contribution < -0.4 is 10.2 Å². The fourth-order valence-electron chi connectivity index (χ4n) is 2.34. The highest BCUT2D eigenvalue weighted by Crippen LogP contribution is 2.10. The van der Waals surface area contributed by atoms with Crippen LogP contribution in [0, 0.1) is 0 Å². The fraction of sp³-hybridized carbons (Fsp3) is 0.316. The molecule has 0 aliphatic carbocycles. The number of nitrogens with one attached hydrogen (secondary N) is 1. The zero-order valence-corrected chi connectivity index (χ0v) is 15.1. The second kappa shape index (κ2) is 8.28. The summed E-state index contributed by atoms with van der Waals surface area (Å²) in [4.78, 5) is 31.9. The molecule has 2 aromatic rings. The molecule has 2 amide bonds. The van der Waals surface area contributed by atoms with E-state index in [1.165, 1.54) is 0 Å². The zero-order valence-electron chi connectivity index (χ0n) is 15.1. The van der Waals surface area contributed by atoms with E-state index in [1.54, 1.807) is 43.4 Å². The Balaban J connectivity index is 1.94. The van der Waals surface area contributed by atoms with Gasteiger partial charge in [0.2, 0.25) is 0 Å². The van der Waals surface area contributed by atoms with Gasteiger partial charge < -0.3 is 15.1 Å². The summed E-state index contributed by atoms with van der Waals surface area (Å²) in [5, 5.41) is 2.90. The van der Waals surface area contributed by atoms with Crippen LogP contribution in [0.25, 0.3) is 0 Å². The van der Waals surface area contributed by atoms with Crippen LogP contribution in [0.5, 0.6) is 0 Å². The molecular weight excluding hydrogens is 316 g/mol. The SMILES string of the molecule is CN(C)C(=O)c1cccc(CCNC(=O)c2ccnc(N(C)C)c2)c1. The lowest BCUT2D eigenvalue weighted by Crippen LogP contribution is -2.26. The van der Waals surface area contributed by atoms with E-state index in [1.807, 2.05) is 37.2 Å². The molecule has 1 aromatic carbocycles. The number of rotatable bonds is 6. The van der Waals surface area contributed by atoms with Crippen LogP contribution >= 0.6 is 0 Å². The highest BCUT2D eigenvalue weighted by molar-refractivity contribution is 5.95. The lowest BCUT2D eigenvalue weighted by atomic mass is 10.1. The smallest absolute Gasteiger partial charge is 0.253 e. The third-order valence-electron chi connectivity index (χ3n) is 3.75. The summed E-state index contributed by atoms with van der Waals surface area (Å²) < 4.78 is 0. The number of pyridine rings is 1. The van der Waals surface area contributed by atoms with Crippen molar-refractivity contribution < 1.29 is 9.59 Å². The topological polar surface area (TPSA) is 65.5 Å². The van der Waals surface area contributed by atoms with Crippen LogP contribution in [-0.4, -0.2) is 56.4 Å². The summed E-state index contributed by atoms with van der Waals surface area (Å²) in [6.45, 7) is 0.498. The van der Waals surface area contributed by atoms with Crippen molar-refractivity contribution in [3.63, 3.8) is 0 Å².